The number of amides is 1. The van der Waals surface area contributed by atoms with Gasteiger partial charge in [-0.15, -0.1) is 0 Å². The number of carbonyl (C=O) groups is 1. The van der Waals surface area contributed by atoms with Gasteiger partial charge in [0, 0.05) is 19.7 Å². The van der Waals surface area contributed by atoms with Crippen molar-refractivity contribution in [2.24, 2.45) is 7.05 Å². The quantitative estimate of drug-likeness (QED) is 0.892. The van der Waals surface area contributed by atoms with Gasteiger partial charge in [-0.3, -0.25) is 9.48 Å². The van der Waals surface area contributed by atoms with Crippen LogP contribution in [0.1, 0.15) is 23.0 Å². The van der Waals surface area contributed by atoms with E-state index in [0.717, 1.165) is 5.56 Å². The number of nitrogens with zero attached hydrogens (tertiary/aromatic N) is 3. The lowest BCUT2D eigenvalue weighted by molar-refractivity contribution is 0.0980. The van der Waals surface area contributed by atoms with Gasteiger partial charge in [-0.25, -0.2) is 0 Å². The molecule has 0 radical (unpaired) electrons. The molecule has 0 bridgehead atoms. The fourth-order valence-corrected chi connectivity index (χ4v) is 2.16. The summed E-state index contributed by atoms with van der Waals surface area (Å²) in [4.78, 5) is 14.2. The van der Waals surface area contributed by atoms with Gasteiger partial charge in [0.25, 0.3) is 5.91 Å². The van der Waals surface area contributed by atoms with E-state index in [9.17, 15) is 9.90 Å². The second-order valence-electron chi connectivity index (χ2n) is 4.59. The third-order valence-corrected chi connectivity index (χ3v) is 3.21. The highest BCUT2D eigenvalue weighted by Gasteiger charge is 2.23. The molecule has 6 heteroatoms. The molecular formula is C14H18N4O2. The number of nitrogen functional groups attached to an aromatic ring is 1. The van der Waals surface area contributed by atoms with Crippen molar-refractivity contribution < 1.29 is 9.90 Å². The van der Waals surface area contributed by atoms with Crippen LogP contribution in [0.15, 0.2) is 24.4 Å². The van der Waals surface area contributed by atoms with Crippen LogP contribution in [0.5, 0.6) is 5.75 Å². The van der Waals surface area contributed by atoms with Crippen LogP contribution >= 0.6 is 0 Å². The van der Waals surface area contributed by atoms with Gasteiger partial charge < -0.3 is 15.7 Å². The molecule has 0 aliphatic rings. The van der Waals surface area contributed by atoms with Crippen LogP contribution in [0, 0.1) is 6.92 Å². The summed E-state index contributed by atoms with van der Waals surface area (Å²) in [5, 5.41) is 13.6. The van der Waals surface area contributed by atoms with Crippen LogP contribution in [-0.4, -0.2) is 27.3 Å². The van der Waals surface area contributed by atoms with Crippen LogP contribution in [0.2, 0.25) is 0 Å². The standard InChI is InChI=1S/C14H18N4O2/c1-4-18(12-7-10(19)6-5-9(12)2)14(20)13-11(15)8-16-17(13)3/h5-8,19H,4,15H2,1-3H3. The summed E-state index contributed by atoms with van der Waals surface area (Å²) in [6.07, 6.45) is 1.45. The third-order valence-electron chi connectivity index (χ3n) is 3.21. The van der Waals surface area contributed by atoms with Crippen molar-refractivity contribution >= 4 is 17.3 Å². The summed E-state index contributed by atoms with van der Waals surface area (Å²) in [5.41, 5.74) is 8.05. The van der Waals surface area contributed by atoms with E-state index in [1.165, 1.54) is 10.9 Å². The molecule has 1 aromatic heterocycles. The number of anilines is 2. The number of hydrogen-bond acceptors (Lipinski definition) is 4. The van der Waals surface area contributed by atoms with Crippen molar-refractivity contribution in [2.45, 2.75) is 13.8 Å². The zero-order valence-electron chi connectivity index (χ0n) is 11.8. The van der Waals surface area contributed by atoms with Gasteiger partial charge in [0.2, 0.25) is 0 Å². The van der Waals surface area contributed by atoms with Gasteiger partial charge in [-0.2, -0.15) is 5.10 Å². The van der Waals surface area contributed by atoms with Gasteiger partial charge in [-0.1, -0.05) is 6.07 Å². The highest BCUT2D eigenvalue weighted by molar-refractivity contribution is 6.08. The lowest BCUT2D eigenvalue weighted by Crippen LogP contribution is -2.33. The number of hydrogen-bond donors (Lipinski definition) is 2. The van der Waals surface area contributed by atoms with E-state index >= 15 is 0 Å². The van der Waals surface area contributed by atoms with E-state index < -0.39 is 0 Å². The predicted octanol–water partition coefficient (Wildman–Crippen LogP) is 1.68. The largest absolute Gasteiger partial charge is 0.508 e. The maximum absolute atomic E-state index is 12.6. The molecule has 1 amide bonds. The minimum Gasteiger partial charge on any atom is -0.508 e. The Bertz CT molecular complexity index is 629. The first kappa shape index (κ1) is 13.9. The molecule has 3 N–H and O–H groups in total. The Hall–Kier alpha value is -2.50. The molecule has 1 heterocycles. The van der Waals surface area contributed by atoms with E-state index in [2.05, 4.69) is 5.10 Å². The number of phenols is 1. The van der Waals surface area contributed by atoms with Gasteiger partial charge in [0.1, 0.15) is 11.4 Å². The van der Waals surface area contributed by atoms with Gasteiger partial charge in [0.05, 0.1) is 17.6 Å². The summed E-state index contributed by atoms with van der Waals surface area (Å²) in [5.74, 6) is -0.117. The molecule has 0 atom stereocenters. The molecule has 0 fully saturated rings. The predicted molar refractivity (Wildman–Crippen MR) is 77.8 cm³/mol. The summed E-state index contributed by atoms with van der Waals surface area (Å²) in [7, 11) is 1.67. The van der Waals surface area contributed by atoms with Crippen LogP contribution in [0.25, 0.3) is 0 Å². The number of phenolic OH excluding ortho intramolecular Hbond substituents is 1. The van der Waals surface area contributed by atoms with Crippen LogP contribution in [0.3, 0.4) is 0 Å². The van der Waals surface area contributed by atoms with E-state index in [0.29, 0.717) is 23.6 Å². The van der Waals surface area contributed by atoms with Crippen molar-refractivity contribution in [1.82, 2.24) is 9.78 Å². The number of aryl methyl sites for hydroxylation is 2. The Balaban J connectivity index is 2.47. The fourth-order valence-electron chi connectivity index (χ4n) is 2.16. The molecule has 0 saturated heterocycles. The van der Waals surface area contributed by atoms with Crippen molar-refractivity contribution in [3.63, 3.8) is 0 Å². The molecule has 2 rings (SSSR count). The monoisotopic (exact) mass is 274 g/mol. The second kappa shape index (κ2) is 5.24. The normalized spacial score (nSPS) is 10.6. The van der Waals surface area contributed by atoms with Crippen LogP contribution in [0.4, 0.5) is 11.4 Å². The number of rotatable bonds is 3. The molecule has 106 valence electrons. The molecule has 0 aliphatic heterocycles. The van der Waals surface area contributed by atoms with Crippen LogP contribution < -0.4 is 10.6 Å². The molecule has 0 spiro atoms. The Morgan fingerprint density at radius 2 is 2.20 bits per heavy atom. The summed E-state index contributed by atoms with van der Waals surface area (Å²) >= 11 is 0. The van der Waals surface area contributed by atoms with E-state index in [1.807, 2.05) is 13.8 Å². The molecule has 0 aliphatic carbocycles. The van der Waals surface area contributed by atoms with E-state index in [4.69, 9.17) is 5.73 Å². The number of nitrogens with two attached hydrogens (primary N) is 1. The Morgan fingerprint density at radius 1 is 1.50 bits per heavy atom. The Kier molecular flexibility index (Phi) is 3.65. The summed E-state index contributed by atoms with van der Waals surface area (Å²) < 4.78 is 1.46. The third kappa shape index (κ3) is 2.32. The first-order valence-corrected chi connectivity index (χ1v) is 6.34. The highest BCUT2D eigenvalue weighted by atomic mass is 16.3. The fraction of sp³-hybridized carbons (Fsp3) is 0.286. The summed E-state index contributed by atoms with van der Waals surface area (Å²) in [6.45, 7) is 4.22. The maximum atomic E-state index is 12.6. The van der Waals surface area contributed by atoms with Crippen molar-refractivity contribution in [2.75, 3.05) is 17.2 Å². The first-order chi connectivity index (χ1) is 9.45. The van der Waals surface area contributed by atoms with Gasteiger partial charge in [-0.05, 0) is 25.5 Å². The zero-order chi connectivity index (χ0) is 14.9. The lowest BCUT2D eigenvalue weighted by atomic mass is 10.1. The molecule has 0 saturated carbocycles. The lowest BCUT2D eigenvalue weighted by Gasteiger charge is -2.23. The smallest absolute Gasteiger partial charge is 0.278 e. The minimum absolute atomic E-state index is 0.120. The number of benzene rings is 1. The summed E-state index contributed by atoms with van der Waals surface area (Å²) in [6, 6.07) is 4.94. The zero-order valence-corrected chi connectivity index (χ0v) is 11.8. The molecule has 20 heavy (non-hydrogen) atoms. The topological polar surface area (TPSA) is 84.4 Å². The van der Waals surface area contributed by atoms with Crippen LogP contribution in [-0.2, 0) is 7.05 Å². The highest BCUT2D eigenvalue weighted by Crippen LogP contribution is 2.27. The Labute approximate surface area is 117 Å². The second-order valence-corrected chi connectivity index (χ2v) is 4.59. The Morgan fingerprint density at radius 3 is 2.75 bits per heavy atom. The van der Waals surface area contributed by atoms with Crippen molar-refractivity contribution in [3.05, 3.63) is 35.7 Å². The van der Waals surface area contributed by atoms with Gasteiger partial charge >= 0.3 is 0 Å². The molecule has 2 aromatic rings. The average Bonchev–Trinajstić information content (AvgIpc) is 2.74. The van der Waals surface area contributed by atoms with Gasteiger partial charge in [0.15, 0.2) is 0 Å². The molecule has 6 nitrogen and oxygen atoms in total. The molecular weight excluding hydrogens is 256 g/mol. The average molecular weight is 274 g/mol. The number of carbonyl (C=O) groups excluding carboxylic acids is 1. The molecule has 0 unspecified atom stereocenters. The SMILES string of the molecule is CCN(C(=O)c1c(N)cnn1C)c1cc(O)ccc1C. The van der Waals surface area contributed by atoms with E-state index in [-0.39, 0.29) is 11.7 Å². The van der Waals surface area contributed by atoms with Crippen molar-refractivity contribution in [3.8, 4) is 5.75 Å². The number of aromatic nitrogens is 2. The van der Waals surface area contributed by atoms with E-state index in [1.54, 1.807) is 30.1 Å². The maximum Gasteiger partial charge on any atom is 0.278 e. The molecule has 1 aromatic carbocycles. The minimum atomic E-state index is -0.237. The van der Waals surface area contributed by atoms with Crippen molar-refractivity contribution in [1.29, 1.82) is 0 Å². The number of aromatic hydroxyl groups is 1. The first-order valence-electron chi connectivity index (χ1n) is 6.34.